The van der Waals surface area contributed by atoms with Crippen molar-refractivity contribution >= 4 is 5.97 Å². The summed E-state index contributed by atoms with van der Waals surface area (Å²) in [6, 6.07) is 19.9. The Hall–Kier alpha value is -2.98. The number of aromatic carboxylic acids is 1. The number of unbranched alkanes of at least 4 members (excludes halogenated alkanes) is 5. The average Bonchev–Trinajstić information content (AvgIpc) is 2.83. The maximum Gasteiger partial charge on any atom is 0.335 e. The molecule has 0 unspecified atom stereocenters. The molecule has 0 aliphatic rings. The number of carbonyl (C=O) groups is 1. The molecule has 1 heterocycles. The van der Waals surface area contributed by atoms with E-state index in [9.17, 15) is 4.79 Å². The molecule has 2 N–H and O–H groups in total. The summed E-state index contributed by atoms with van der Waals surface area (Å²) in [6.45, 7) is 4.27. The van der Waals surface area contributed by atoms with Gasteiger partial charge in [-0.2, -0.15) is 0 Å². The summed E-state index contributed by atoms with van der Waals surface area (Å²) in [5.41, 5.74) is 5.72. The number of rotatable bonds is 11. The summed E-state index contributed by atoms with van der Waals surface area (Å²) in [5, 5.41) is 17.6. The molecular weight excluding hydrogens is 410 g/mol. The Balaban J connectivity index is 0.000000357. The van der Waals surface area contributed by atoms with E-state index in [4.69, 9.17) is 10.2 Å². The number of aryl methyl sites for hydroxylation is 2. The van der Waals surface area contributed by atoms with Gasteiger partial charge in [0.05, 0.1) is 5.56 Å². The minimum atomic E-state index is -0.867. The van der Waals surface area contributed by atoms with Crippen LogP contribution in [0.3, 0.4) is 0 Å². The summed E-state index contributed by atoms with van der Waals surface area (Å²) >= 11 is 0. The molecule has 0 fully saturated rings. The molecule has 0 saturated carbocycles. The van der Waals surface area contributed by atoms with Crippen LogP contribution < -0.4 is 0 Å². The highest BCUT2D eigenvalue weighted by Gasteiger charge is 2.08. The van der Waals surface area contributed by atoms with Crippen LogP contribution in [0, 0.1) is 6.92 Å². The van der Waals surface area contributed by atoms with Crippen LogP contribution in [0.25, 0.3) is 11.1 Å². The molecule has 0 spiro atoms. The van der Waals surface area contributed by atoms with Crippen molar-refractivity contribution in [3.05, 3.63) is 89.2 Å². The van der Waals surface area contributed by atoms with Gasteiger partial charge in [-0.1, -0.05) is 81.5 Å². The highest BCUT2D eigenvalue weighted by molar-refractivity contribution is 5.90. The number of carboxylic acids is 1. The van der Waals surface area contributed by atoms with Crippen LogP contribution in [0.2, 0.25) is 0 Å². The monoisotopic (exact) mass is 447 g/mol. The predicted octanol–water partition coefficient (Wildman–Crippen LogP) is 6.88. The van der Waals surface area contributed by atoms with Crippen LogP contribution in [0.15, 0.2) is 66.9 Å². The van der Waals surface area contributed by atoms with Crippen molar-refractivity contribution < 1.29 is 15.0 Å². The van der Waals surface area contributed by atoms with Crippen molar-refractivity contribution in [3.63, 3.8) is 0 Å². The van der Waals surface area contributed by atoms with E-state index in [-0.39, 0.29) is 6.61 Å². The second-order valence-electron chi connectivity index (χ2n) is 8.34. The molecule has 176 valence electrons. The van der Waals surface area contributed by atoms with Gasteiger partial charge < -0.3 is 10.2 Å². The largest absolute Gasteiger partial charge is 0.478 e. The maximum absolute atomic E-state index is 11.1. The first kappa shape index (κ1) is 26.3. The Labute approximate surface area is 198 Å². The molecular formula is C29H37NO3. The summed E-state index contributed by atoms with van der Waals surface area (Å²) < 4.78 is 0. The number of hydrogen-bond donors (Lipinski definition) is 2. The Kier molecular flexibility index (Phi) is 11.9. The first-order valence-corrected chi connectivity index (χ1v) is 12.0. The van der Waals surface area contributed by atoms with Crippen molar-refractivity contribution in [1.29, 1.82) is 0 Å². The zero-order valence-electron chi connectivity index (χ0n) is 20.0. The SMILES string of the molecule is CCCCCCCCc1ccc(-c2ccc(C(=O)O)c(C)c2)cc1.OCCc1ccccn1. The predicted molar refractivity (Wildman–Crippen MR) is 136 cm³/mol. The van der Waals surface area contributed by atoms with Crippen LogP contribution in [0.4, 0.5) is 0 Å². The van der Waals surface area contributed by atoms with Crippen LogP contribution >= 0.6 is 0 Å². The Bertz CT molecular complexity index is 952. The Morgan fingerprint density at radius 2 is 1.55 bits per heavy atom. The second kappa shape index (κ2) is 15.0. The molecule has 1 aromatic heterocycles. The van der Waals surface area contributed by atoms with E-state index in [2.05, 4.69) is 36.2 Å². The maximum atomic E-state index is 11.1. The van der Waals surface area contributed by atoms with E-state index in [1.54, 1.807) is 12.3 Å². The van der Waals surface area contributed by atoms with Crippen LogP contribution in [0.5, 0.6) is 0 Å². The quantitative estimate of drug-likeness (QED) is 0.314. The molecule has 2 aromatic carbocycles. The topological polar surface area (TPSA) is 70.4 Å². The fourth-order valence-electron chi connectivity index (χ4n) is 3.72. The van der Waals surface area contributed by atoms with Gasteiger partial charge in [0.2, 0.25) is 0 Å². The second-order valence-corrected chi connectivity index (χ2v) is 8.34. The molecule has 0 saturated heterocycles. The van der Waals surface area contributed by atoms with Crippen LogP contribution in [-0.2, 0) is 12.8 Å². The molecule has 0 amide bonds. The molecule has 33 heavy (non-hydrogen) atoms. The lowest BCUT2D eigenvalue weighted by Gasteiger charge is -2.07. The van der Waals surface area contributed by atoms with Gasteiger partial charge in [0, 0.05) is 24.9 Å². The third kappa shape index (κ3) is 9.58. The zero-order chi connectivity index (χ0) is 23.9. The Morgan fingerprint density at radius 1 is 0.848 bits per heavy atom. The standard InChI is InChI=1S/C22H28O2.C7H9NO/c1-3-4-5-6-7-8-9-18-10-12-19(13-11-18)20-14-15-21(22(23)24)17(2)16-20;9-6-4-7-3-1-2-5-8-7/h10-16H,3-9H2,1-2H3,(H,23,24);1-3,5,9H,4,6H2. The number of nitrogens with zero attached hydrogens (tertiary/aromatic N) is 1. The van der Waals surface area contributed by atoms with Crippen LogP contribution in [0.1, 0.15) is 72.6 Å². The summed E-state index contributed by atoms with van der Waals surface area (Å²) in [5.74, 6) is -0.867. The van der Waals surface area contributed by atoms with Gasteiger partial charge in [-0.3, -0.25) is 4.98 Å². The summed E-state index contributed by atoms with van der Waals surface area (Å²) in [4.78, 5) is 15.1. The number of hydrogen-bond acceptors (Lipinski definition) is 3. The van der Waals surface area contributed by atoms with Crippen molar-refractivity contribution in [2.24, 2.45) is 0 Å². The van der Waals surface area contributed by atoms with Gasteiger partial charge >= 0.3 is 5.97 Å². The normalized spacial score (nSPS) is 10.4. The first-order valence-electron chi connectivity index (χ1n) is 12.0. The van der Waals surface area contributed by atoms with E-state index in [0.29, 0.717) is 12.0 Å². The molecule has 4 nitrogen and oxygen atoms in total. The average molecular weight is 448 g/mol. The summed E-state index contributed by atoms with van der Waals surface area (Å²) in [6.07, 6.45) is 11.5. The lowest BCUT2D eigenvalue weighted by molar-refractivity contribution is 0.0696. The number of aliphatic hydroxyl groups excluding tert-OH is 1. The number of aromatic nitrogens is 1. The molecule has 0 aliphatic carbocycles. The van der Waals surface area contributed by atoms with Crippen molar-refractivity contribution in [2.45, 2.75) is 65.2 Å². The highest BCUT2D eigenvalue weighted by atomic mass is 16.4. The summed E-state index contributed by atoms with van der Waals surface area (Å²) in [7, 11) is 0. The van der Waals surface area contributed by atoms with Crippen molar-refractivity contribution in [3.8, 4) is 11.1 Å². The molecule has 4 heteroatoms. The van der Waals surface area contributed by atoms with E-state index < -0.39 is 5.97 Å². The minimum Gasteiger partial charge on any atom is -0.478 e. The molecule has 3 aromatic rings. The zero-order valence-corrected chi connectivity index (χ0v) is 20.0. The molecule has 0 aliphatic heterocycles. The van der Waals surface area contributed by atoms with Crippen molar-refractivity contribution in [2.75, 3.05) is 6.61 Å². The minimum absolute atomic E-state index is 0.178. The van der Waals surface area contributed by atoms with Gasteiger partial charge in [0.15, 0.2) is 0 Å². The number of aliphatic hydroxyl groups is 1. The van der Waals surface area contributed by atoms with Gasteiger partial charge in [0.1, 0.15) is 0 Å². The van der Waals surface area contributed by atoms with E-state index in [0.717, 1.165) is 28.8 Å². The number of pyridine rings is 1. The highest BCUT2D eigenvalue weighted by Crippen LogP contribution is 2.23. The third-order valence-corrected chi connectivity index (χ3v) is 5.66. The number of benzene rings is 2. The van der Waals surface area contributed by atoms with Crippen LogP contribution in [-0.4, -0.2) is 27.8 Å². The van der Waals surface area contributed by atoms with Gasteiger partial charge in [-0.25, -0.2) is 4.79 Å². The van der Waals surface area contributed by atoms with Gasteiger partial charge in [-0.15, -0.1) is 0 Å². The van der Waals surface area contributed by atoms with Gasteiger partial charge in [0.25, 0.3) is 0 Å². The Morgan fingerprint density at radius 3 is 2.15 bits per heavy atom. The molecule has 3 rings (SSSR count). The molecule has 0 atom stereocenters. The van der Waals surface area contributed by atoms with E-state index in [1.807, 2.05) is 37.3 Å². The third-order valence-electron chi connectivity index (χ3n) is 5.66. The number of carboxylic acid groups (broad SMARTS) is 1. The van der Waals surface area contributed by atoms with Crippen molar-refractivity contribution in [1.82, 2.24) is 4.98 Å². The van der Waals surface area contributed by atoms with E-state index in [1.165, 1.54) is 44.1 Å². The molecule has 0 bridgehead atoms. The lowest BCUT2D eigenvalue weighted by atomic mass is 9.98. The fourth-order valence-corrected chi connectivity index (χ4v) is 3.72. The fraction of sp³-hybridized carbons (Fsp3) is 0.379. The first-order chi connectivity index (χ1) is 16.0. The van der Waals surface area contributed by atoms with E-state index >= 15 is 0 Å². The smallest absolute Gasteiger partial charge is 0.335 e. The molecule has 0 radical (unpaired) electrons. The van der Waals surface area contributed by atoms with Gasteiger partial charge in [-0.05, 0) is 60.2 Å². The lowest BCUT2D eigenvalue weighted by Crippen LogP contribution is -1.99.